The molecule has 1 aliphatic rings. The topological polar surface area (TPSA) is 102 Å². The Kier molecular flexibility index (Phi) is 8.38. The van der Waals surface area contributed by atoms with Gasteiger partial charge in [0.25, 0.3) is 0 Å². The molecule has 3 aromatic rings. The summed E-state index contributed by atoms with van der Waals surface area (Å²) in [6, 6.07) is 13.3. The lowest BCUT2D eigenvalue weighted by atomic mass is 10.1. The van der Waals surface area contributed by atoms with Crippen LogP contribution in [0, 0.1) is 0 Å². The number of cyclic esters (lactones) is 1. The van der Waals surface area contributed by atoms with E-state index in [9.17, 15) is 9.59 Å². The summed E-state index contributed by atoms with van der Waals surface area (Å²) in [5.41, 5.74) is 1.16. The second-order valence-corrected chi connectivity index (χ2v) is 9.45. The Morgan fingerprint density at radius 2 is 1.61 bits per heavy atom. The number of aliphatic imine (C=N–C) groups is 1. The summed E-state index contributed by atoms with van der Waals surface area (Å²) in [5.74, 6) is 0.472. The van der Waals surface area contributed by atoms with Gasteiger partial charge in [0, 0.05) is 15.6 Å². The maximum atomic E-state index is 13.2. The molecule has 0 saturated carbocycles. The highest BCUT2D eigenvalue weighted by Gasteiger charge is 2.26. The first-order valence-corrected chi connectivity index (χ1v) is 12.5. The Hall–Kier alpha value is -3.83. The van der Waals surface area contributed by atoms with Crippen molar-refractivity contribution in [1.29, 1.82) is 0 Å². The first-order chi connectivity index (χ1) is 18.3. The standard InChI is InChI=1S/C27H21Br2NO8/c1-33-18-7-5-6-14(9-18)25-30-20(27(32)38-25)10-15-8-17(28)13-19(29)23(15)37-26(31)16-11-21(34-2)24(36-4)22(12-16)35-3/h5-13H,1-4H3/b20-10+. The Balaban J connectivity index is 1.71. The van der Waals surface area contributed by atoms with Crippen LogP contribution in [0.25, 0.3) is 6.08 Å². The van der Waals surface area contributed by atoms with Gasteiger partial charge >= 0.3 is 11.9 Å². The van der Waals surface area contributed by atoms with Crippen LogP contribution in [-0.4, -0.2) is 46.3 Å². The fraction of sp³-hybridized carbons (Fsp3) is 0.148. The summed E-state index contributed by atoms with van der Waals surface area (Å²) in [7, 11) is 5.90. The van der Waals surface area contributed by atoms with Crippen molar-refractivity contribution in [3.63, 3.8) is 0 Å². The summed E-state index contributed by atoms with van der Waals surface area (Å²) >= 11 is 6.86. The highest BCUT2D eigenvalue weighted by atomic mass is 79.9. The van der Waals surface area contributed by atoms with E-state index < -0.39 is 11.9 Å². The number of methoxy groups -OCH3 is 4. The van der Waals surface area contributed by atoms with Crippen LogP contribution in [0.15, 0.2) is 68.2 Å². The molecule has 11 heteroatoms. The molecule has 0 bridgehead atoms. The van der Waals surface area contributed by atoms with E-state index in [0.717, 1.165) is 0 Å². The van der Waals surface area contributed by atoms with Crippen LogP contribution in [-0.2, 0) is 9.53 Å². The zero-order valence-electron chi connectivity index (χ0n) is 20.7. The van der Waals surface area contributed by atoms with Crippen LogP contribution >= 0.6 is 31.9 Å². The van der Waals surface area contributed by atoms with Crippen LogP contribution in [0.1, 0.15) is 21.5 Å². The monoisotopic (exact) mass is 645 g/mol. The van der Waals surface area contributed by atoms with Gasteiger partial charge in [-0.1, -0.05) is 22.0 Å². The first kappa shape index (κ1) is 27.2. The number of carbonyl (C=O) groups excluding carboxylic acids is 2. The Morgan fingerprint density at radius 3 is 2.24 bits per heavy atom. The zero-order chi connectivity index (χ0) is 27.4. The largest absolute Gasteiger partial charge is 0.497 e. The van der Waals surface area contributed by atoms with E-state index in [0.29, 0.717) is 43.1 Å². The summed E-state index contributed by atoms with van der Waals surface area (Å²) in [6.07, 6.45) is 1.48. The predicted octanol–water partition coefficient (Wildman–Crippen LogP) is 5.81. The summed E-state index contributed by atoms with van der Waals surface area (Å²) < 4.78 is 33.5. The average Bonchev–Trinajstić information content (AvgIpc) is 3.29. The Bertz CT molecular complexity index is 1460. The maximum Gasteiger partial charge on any atom is 0.363 e. The molecular formula is C27H21Br2NO8. The number of hydrogen-bond acceptors (Lipinski definition) is 9. The number of hydrogen-bond donors (Lipinski definition) is 0. The Labute approximate surface area is 235 Å². The van der Waals surface area contributed by atoms with Crippen molar-refractivity contribution >= 4 is 55.8 Å². The quantitative estimate of drug-likeness (QED) is 0.172. The number of benzene rings is 3. The van der Waals surface area contributed by atoms with E-state index >= 15 is 0 Å². The van der Waals surface area contributed by atoms with E-state index in [1.807, 2.05) is 0 Å². The highest BCUT2D eigenvalue weighted by molar-refractivity contribution is 9.11. The number of ether oxygens (including phenoxy) is 6. The molecule has 0 atom stereocenters. The minimum atomic E-state index is -0.693. The van der Waals surface area contributed by atoms with Gasteiger partial charge in [0.15, 0.2) is 22.9 Å². The van der Waals surface area contributed by atoms with Crippen molar-refractivity contribution in [2.45, 2.75) is 0 Å². The van der Waals surface area contributed by atoms with Gasteiger partial charge in [0.1, 0.15) is 5.75 Å². The van der Waals surface area contributed by atoms with Crippen LogP contribution in [0.5, 0.6) is 28.7 Å². The molecule has 0 fully saturated rings. The summed E-state index contributed by atoms with van der Waals surface area (Å²) in [4.78, 5) is 30.2. The SMILES string of the molecule is COc1cccc(C2=N/C(=C/c3cc(Br)cc(Br)c3OC(=O)c3cc(OC)c(OC)c(OC)c3)C(=O)O2)c1. The molecule has 38 heavy (non-hydrogen) atoms. The van der Waals surface area contributed by atoms with Crippen LogP contribution in [0.4, 0.5) is 0 Å². The van der Waals surface area contributed by atoms with E-state index in [2.05, 4.69) is 36.9 Å². The maximum absolute atomic E-state index is 13.2. The van der Waals surface area contributed by atoms with E-state index in [1.165, 1.54) is 39.5 Å². The normalized spacial score (nSPS) is 13.6. The van der Waals surface area contributed by atoms with Crippen molar-refractivity contribution in [2.75, 3.05) is 28.4 Å². The molecule has 1 heterocycles. The van der Waals surface area contributed by atoms with E-state index in [1.54, 1.807) is 43.5 Å². The van der Waals surface area contributed by atoms with E-state index in [4.69, 9.17) is 28.4 Å². The average molecular weight is 647 g/mol. The van der Waals surface area contributed by atoms with E-state index in [-0.39, 0.29) is 22.9 Å². The van der Waals surface area contributed by atoms with Gasteiger partial charge in [0.05, 0.1) is 38.5 Å². The van der Waals surface area contributed by atoms with Gasteiger partial charge < -0.3 is 28.4 Å². The molecule has 0 aromatic heterocycles. The molecule has 1 aliphatic heterocycles. The lowest BCUT2D eigenvalue weighted by molar-refractivity contribution is -0.129. The Morgan fingerprint density at radius 1 is 0.895 bits per heavy atom. The van der Waals surface area contributed by atoms with Crippen molar-refractivity contribution in [1.82, 2.24) is 0 Å². The highest BCUT2D eigenvalue weighted by Crippen LogP contribution is 2.40. The predicted molar refractivity (Wildman–Crippen MR) is 146 cm³/mol. The van der Waals surface area contributed by atoms with Gasteiger partial charge in [-0.3, -0.25) is 0 Å². The van der Waals surface area contributed by atoms with Crippen molar-refractivity contribution < 1.29 is 38.0 Å². The number of carbonyl (C=O) groups is 2. The molecule has 0 saturated heterocycles. The van der Waals surface area contributed by atoms with Crippen LogP contribution in [0.2, 0.25) is 0 Å². The first-order valence-electron chi connectivity index (χ1n) is 11.0. The number of esters is 2. The number of rotatable bonds is 8. The molecule has 0 amide bonds. The molecule has 4 rings (SSSR count). The minimum absolute atomic E-state index is 0.0258. The molecular weight excluding hydrogens is 626 g/mol. The van der Waals surface area contributed by atoms with Gasteiger partial charge in [-0.15, -0.1) is 0 Å². The molecule has 0 spiro atoms. The van der Waals surface area contributed by atoms with Gasteiger partial charge in [0.2, 0.25) is 11.6 Å². The minimum Gasteiger partial charge on any atom is -0.497 e. The third-order valence-electron chi connectivity index (χ3n) is 5.36. The fourth-order valence-electron chi connectivity index (χ4n) is 3.58. The lowest BCUT2D eigenvalue weighted by Crippen LogP contribution is -2.11. The molecule has 0 radical (unpaired) electrons. The third-order valence-corrected chi connectivity index (χ3v) is 6.41. The van der Waals surface area contributed by atoms with Crippen molar-refractivity contribution in [2.24, 2.45) is 4.99 Å². The summed E-state index contributed by atoms with van der Waals surface area (Å²) in [6.45, 7) is 0. The lowest BCUT2D eigenvalue weighted by Gasteiger charge is -2.15. The summed E-state index contributed by atoms with van der Waals surface area (Å²) in [5, 5.41) is 0. The molecule has 9 nitrogen and oxygen atoms in total. The van der Waals surface area contributed by atoms with Crippen LogP contribution < -0.4 is 23.7 Å². The van der Waals surface area contributed by atoms with Crippen molar-refractivity contribution in [3.05, 3.63) is 79.9 Å². The van der Waals surface area contributed by atoms with Gasteiger partial charge in [-0.2, -0.15) is 0 Å². The molecule has 0 aliphatic carbocycles. The molecule has 0 N–H and O–H groups in total. The van der Waals surface area contributed by atoms with Gasteiger partial charge in [-0.25, -0.2) is 14.6 Å². The number of halogens is 2. The van der Waals surface area contributed by atoms with Gasteiger partial charge in [-0.05, 0) is 64.5 Å². The second kappa shape index (κ2) is 11.7. The third kappa shape index (κ3) is 5.68. The molecule has 196 valence electrons. The second-order valence-electron chi connectivity index (χ2n) is 7.68. The zero-order valence-corrected chi connectivity index (χ0v) is 23.8. The fourth-order valence-corrected chi connectivity index (χ4v) is 4.92. The smallest absolute Gasteiger partial charge is 0.363 e. The number of nitrogens with zero attached hydrogens (tertiary/aromatic N) is 1. The van der Waals surface area contributed by atoms with Crippen LogP contribution in [0.3, 0.4) is 0 Å². The van der Waals surface area contributed by atoms with Crippen molar-refractivity contribution in [3.8, 4) is 28.7 Å². The molecule has 0 unspecified atom stereocenters. The molecule has 3 aromatic carbocycles.